The molecule has 0 spiro atoms. The van der Waals surface area contributed by atoms with Gasteiger partial charge in [0.25, 0.3) is 0 Å². The summed E-state index contributed by atoms with van der Waals surface area (Å²) in [6.45, 7) is 0.119. The Labute approximate surface area is 93.1 Å². The number of rotatable bonds is 6. The van der Waals surface area contributed by atoms with E-state index in [0.29, 0.717) is 12.2 Å². The number of hydrogen-bond donors (Lipinski definition) is 2. The highest BCUT2D eigenvalue weighted by molar-refractivity contribution is 7.98. The van der Waals surface area contributed by atoms with Crippen molar-refractivity contribution in [3.63, 3.8) is 0 Å². The second-order valence-corrected chi connectivity index (χ2v) is 4.07. The van der Waals surface area contributed by atoms with E-state index >= 15 is 0 Å². The number of nitrogens with zero attached hydrogens (tertiary/aromatic N) is 1. The molecule has 0 fully saturated rings. The molecular formula is C10H15FN2OS. The molecule has 0 amide bonds. The molecule has 0 saturated heterocycles. The van der Waals surface area contributed by atoms with E-state index in [1.165, 1.54) is 6.07 Å². The van der Waals surface area contributed by atoms with Crippen LogP contribution in [0.4, 0.5) is 10.2 Å². The fourth-order valence-corrected chi connectivity index (χ4v) is 1.90. The van der Waals surface area contributed by atoms with Crippen LogP contribution < -0.4 is 5.32 Å². The third kappa shape index (κ3) is 4.48. The van der Waals surface area contributed by atoms with Gasteiger partial charge in [0.1, 0.15) is 5.82 Å². The Balaban J connectivity index is 2.56. The molecule has 3 nitrogen and oxygen atoms in total. The number of halogens is 1. The van der Waals surface area contributed by atoms with Crippen LogP contribution in [-0.4, -0.2) is 34.7 Å². The molecule has 0 saturated carbocycles. The highest BCUT2D eigenvalue weighted by Gasteiger charge is 2.07. The molecule has 2 N–H and O–H groups in total. The normalized spacial score (nSPS) is 12.5. The third-order valence-electron chi connectivity index (χ3n) is 1.91. The highest BCUT2D eigenvalue weighted by Crippen LogP contribution is 2.10. The van der Waals surface area contributed by atoms with Crippen LogP contribution in [0.15, 0.2) is 18.2 Å². The molecule has 0 aliphatic carbocycles. The van der Waals surface area contributed by atoms with Crippen molar-refractivity contribution in [3.8, 4) is 0 Å². The van der Waals surface area contributed by atoms with E-state index in [2.05, 4.69) is 10.3 Å². The first-order chi connectivity index (χ1) is 7.26. The first kappa shape index (κ1) is 12.3. The maximum Gasteiger partial charge on any atom is 0.214 e. The van der Waals surface area contributed by atoms with Gasteiger partial charge in [0.05, 0.1) is 0 Å². The third-order valence-corrected chi connectivity index (χ3v) is 2.65. The zero-order chi connectivity index (χ0) is 11.1. The molecule has 0 radical (unpaired) electrons. The minimum absolute atomic E-state index is 0.119. The molecule has 1 atom stereocenters. The summed E-state index contributed by atoms with van der Waals surface area (Å²) in [6, 6.07) is 4.76. The fourth-order valence-electron chi connectivity index (χ4n) is 1.25. The van der Waals surface area contributed by atoms with Gasteiger partial charge in [0, 0.05) is 18.4 Å². The summed E-state index contributed by atoms with van der Waals surface area (Å²) in [7, 11) is 0. The predicted molar refractivity (Wildman–Crippen MR) is 61.7 cm³/mol. The number of hydrogen-bond acceptors (Lipinski definition) is 4. The van der Waals surface area contributed by atoms with Crippen molar-refractivity contribution in [2.24, 2.45) is 0 Å². The molecule has 1 aromatic heterocycles. The van der Waals surface area contributed by atoms with Gasteiger partial charge in [-0.05, 0) is 24.8 Å². The molecule has 0 bridgehead atoms. The van der Waals surface area contributed by atoms with Gasteiger partial charge < -0.3 is 10.4 Å². The Bertz CT molecular complexity index is 293. The largest absolute Gasteiger partial charge is 0.396 e. The van der Waals surface area contributed by atoms with Crippen LogP contribution in [0.5, 0.6) is 0 Å². The number of anilines is 1. The number of aromatic nitrogens is 1. The second kappa shape index (κ2) is 6.63. The fraction of sp³-hybridized carbons (Fsp3) is 0.500. The van der Waals surface area contributed by atoms with Crippen LogP contribution in [0, 0.1) is 5.95 Å². The Morgan fingerprint density at radius 1 is 1.60 bits per heavy atom. The molecule has 1 aromatic rings. The zero-order valence-corrected chi connectivity index (χ0v) is 9.43. The van der Waals surface area contributed by atoms with Gasteiger partial charge in [-0.1, -0.05) is 6.07 Å². The average molecular weight is 230 g/mol. The van der Waals surface area contributed by atoms with Crippen molar-refractivity contribution in [1.82, 2.24) is 4.98 Å². The van der Waals surface area contributed by atoms with Gasteiger partial charge in [-0.3, -0.25) is 0 Å². The van der Waals surface area contributed by atoms with Crippen molar-refractivity contribution < 1.29 is 9.50 Å². The van der Waals surface area contributed by atoms with Crippen molar-refractivity contribution in [1.29, 1.82) is 0 Å². The Morgan fingerprint density at radius 2 is 2.40 bits per heavy atom. The quantitative estimate of drug-likeness (QED) is 0.731. The van der Waals surface area contributed by atoms with E-state index in [0.717, 1.165) is 5.75 Å². The SMILES string of the molecule is CSCC(CCO)Nc1cccc(F)n1. The predicted octanol–water partition coefficient (Wildman–Crippen LogP) is 1.75. The van der Waals surface area contributed by atoms with E-state index in [1.54, 1.807) is 23.9 Å². The number of aliphatic hydroxyl groups is 1. The van der Waals surface area contributed by atoms with Gasteiger partial charge in [-0.25, -0.2) is 4.98 Å². The smallest absolute Gasteiger partial charge is 0.214 e. The molecule has 15 heavy (non-hydrogen) atoms. The van der Waals surface area contributed by atoms with Crippen LogP contribution in [0.3, 0.4) is 0 Å². The summed E-state index contributed by atoms with van der Waals surface area (Å²) in [5.74, 6) is 0.882. The van der Waals surface area contributed by atoms with E-state index in [9.17, 15) is 4.39 Å². The maximum absolute atomic E-state index is 12.8. The first-order valence-electron chi connectivity index (χ1n) is 4.75. The first-order valence-corrected chi connectivity index (χ1v) is 6.14. The Kier molecular flexibility index (Phi) is 5.42. The van der Waals surface area contributed by atoms with E-state index in [-0.39, 0.29) is 12.6 Å². The number of pyridine rings is 1. The van der Waals surface area contributed by atoms with Gasteiger partial charge in [-0.2, -0.15) is 16.2 Å². The van der Waals surface area contributed by atoms with Crippen molar-refractivity contribution in [2.75, 3.05) is 23.9 Å². The molecule has 1 rings (SSSR count). The minimum atomic E-state index is -0.494. The Hall–Kier alpha value is -0.810. The van der Waals surface area contributed by atoms with Crippen LogP contribution in [0.25, 0.3) is 0 Å². The van der Waals surface area contributed by atoms with Gasteiger partial charge in [-0.15, -0.1) is 0 Å². The van der Waals surface area contributed by atoms with Crippen molar-refractivity contribution in [3.05, 3.63) is 24.1 Å². The molecule has 1 unspecified atom stereocenters. The summed E-state index contributed by atoms with van der Waals surface area (Å²) < 4.78 is 12.8. The highest BCUT2D eigenvalue weighted by atomic mass is 32.2. The second-order valence-electron chi connectivity index (χ2n) is 3.15. The topological polar surface area (TPSA) is 45.1 Å². The molecular weight excluding hydrogens is 215 g/mol. The van der Waals surface area contributed by atoms with E-state index in [4.69, 9.17) is 5.11 Å². The molecule has 1 heterocycles. The summed E-state index contributed by atoms with van der Waals surface area (Å²) in [6.07, 6.45) is 2.63. The molecule has 5 heteroatoms. The van der Waals surface area contributed by atoms with Gasteiger partial charge in [0.2, 0.25) is 5.95 Å². The van der Waals surface area contributed by atoms with Gasteiger partial charge >= 0.3 is 0 Å². The lowest BCUT2D eigenvalue weighted by Gasteiger charge is -2.16. The van der Waals surface area contributed by atoms with Crippen LogP contribution in [0.1, 0.15) is 6.42 Å². The van der Waals surface area contributed by atoms with Crippen LogP contribution >= 0.6 is 11.8 Å². The van der Waals surface area contributed by atoms with Crippen LogP contribution in [0.2, 0.25) is 0 Å². The molecule has 84 valence electrons. The monoisotopic (exact) mass is 230 g/mol. The number of aliphatic hydroxyl groups excluding tert-OH is 1. The maximum atomic E-state index is 12.8. The number of nitrogens with one attached hydrogen (secondary N) is 1. The van der Waals surface area contributed by atoms with Crippen molar-refractivity contribution in [2.45, 2.75) is 12.5 Å². The zero-order valence-electron chi connectivity index (χ0n) is 8.61. The lowest BCUT2D eigenvalue weighted by Crippen LogP contribution is -2.24. The molecule has 0 aromatic carbocycles. The summed E-state index contributed by atoms with van der Waals surface area (Å²) in [5, 5.41) is 11.9. The summed E-state index contributed by atoms with van der Waals surface area (Å²) in [4.78, 5) is 3.71. The van der Waals surface area contributed by atoms with E-state index in [1.807, 2.05) is 6.26 Å². The minimum Gasteiger partial charge on any atom is -0.396 e. The lowest BCUT2D eigenvalue weighted by molar-refractivity contribution is 0.282. The van der Waals surface area contributed by atoms with Crippen molar-refractivity contribution >= 4 is 17.6 Å². The van der Waals surface area contributed by atoms with Crippen LogP contribution in [-0.2, 0) is 0 Å². The Morgan fingerprint density at radius 3 is 3.00 bits per heavy atom. The van der Waals surface area contributed by atoms with E-state index < -0.39 is 5.95 Å². The summed E-state index contributed by atoms with van der Waals surface area (Å²) >= 11 is 1.68. The molecule has 0 aliphatic rings. The lowest BCUT2D eigenvalue weighted by atomic mass is 10.2. The molecule has 0 aliphatic heterocycles. The number of thioether (sulfide) groups is 1. The average Bonchev–Trinajstić information content (AvgIpc) is 2.18. The standard InChI is InChI=1S/C10H15FN2OS/c1-15-7-8(5-6-14)12-10-4-2-3-9(11)13-10/h2-4,8,14H,5-7H2,1H3,(H,12,13). The summed E-state index contributed by atoms with van der Waals surface area (Å²) in [5.41, 5.74) is 0. The van der Waals surface area contributed by atoms with Gasteiger partial charge in [0.15, 0.2) is 0 Å².